The predicted molar refractivity (Wildman–Crippen MR) is 66.2 cm³/mol. The van der Waals surface area contributed by atoms with Crippen molar-refractivity contribution in [2.45, 2.75) is 37.6 Å². The maximum atomic E-state index is 12.6. The Bertz CT molecular complexity index is 517. The Morgan fingerprint density at radius 2 is 2.00 bits per heavy atom. The highest BCUT2D eigenvalue weighted by molar-refractivity contribution is 5.95. The smallest absolute Gasteiger partial charge is 0.416 e. The van der Waals surface area contributed by atoms with Gasteiger partial charge in [-0.25, -0.2) is 0 Å². The molecular weight excluding hydrogens is 273 g/mol. The van der Waals surface area contributed by atoms with E-state index in [9.17, 15) is 18.0 Å². The molecule has 0 spiro atoms. The molecular formula is C13H15F3N2O2. The van der Waals surface area contributed by atoms with Gasteiger partial charge in [-0.15, -0.1) is 0 Å². The first-order chi connectivity index (χ1) is 9.29. The van der Waals surface area contributed by atoms with Crippen LogP contribution < -0.4 is 16.2 Å². The second-order valence-corrected chi connectivity index (χ2v) is 4.82. The molecule has 0 saturated heterocycles. The van der Waals surface area contributed by atoms with Gasteiger partial charge in [-0.1, -0.05) is 0 Å². The van der Waals surface area contributed by atoms with E-state index in [2.05, 4.69) is 0 Å². The van der Waals surface area contributed by atoms with Crippen LogP contribution in [0.25, 0.3) is 0 Å². The lowest BCUT2D eigenvalue weighted by atomic mass is 10.1. The molecule has 20 heavy (non-hydrogen) atoms. The van der Waals surface area contributed by atoms with E-state index in [1.165, 1.54) is 0 Å². The van der Waals surface area contributed by atoms with E-state index in [0.717, 1.165) is 25.0 Å². The summed E-state index contributed by atoms with van der Waals surface area (Å²) in [5, 5.41) is 0. The van der Waals surface area contributed by atoms with E-state index in [1.807, 2.05) is 0 Å². The average molecular weight is 288 g/mol. The molecule has 1 aromatic carbocycles. The number of amides is 1. The summed E-state index contributed by atoms with van der Waals surface area (Å²) >= 11 is 0. The van der Waals surface area contributed by atoms with Crippen LogP contribution in [0.15, 0.2) is 18.2 Å². The van der Waals surface area contributed by atoms with Gasteiger partial charge >= 0.3 is 6.18 Å². The first-order valence-corrected chi connectivity index (χ1v) is 6.22. The Hall–Kier alpha value is -1.76. The summed E-state index contributed by atoms with van der Waals surface area (Å²) in [4.78, 5) is 11.3. The maximum absolute atomic E-state index is 12.6. The zero-order chi connectivity index (χ0) is 14.9. The van der Waals surface area contributed by atoms with Crippen LogP contribution in [0, 0.1) is 0 Å². The van der Waals surface area contributed by atoms with Gasteiger partial charge in [0.05, 0.1) is 11.1 Å². The number of halogens is 3. The van der Waals surface area contributed by atoms with Gasteiger partial charge in [0.2, 0.25) is 0 Å². The van der Waals surface area contributed by atoms with E-state index in [0.29, 0.717) is 12.5 Å². The number of benzene rings is 1. The van der Waals surface area contributed by atoms with Crippen molar-refractivity contribution in [2.24, 2.45) is 11.5 Å². The summed E-state index contributed by atoms with van der Waals surface area (Å²) in [6.45, 7) is 0. The van der Waals surface area contributed by atoms with Crippen LogP contribution in [0.2, 0.25) is 0 Å². The number of nitrogens with two attached hydrogens (primary N) is 2. The fourth-order valence-electron chi connectivity index (χ4n) is 2.27. The second-order valence-electron chi connectivity index (χ2n) is 4.82. The van der Waals surface area contributed by atoms with Gasteiger partial charge in [-0.05, 0) is 37.5 Å². The lowest BCUT2D eigenvalue weighted by Crippen LogP contribution is -2.34. The van der Waals surface area contributed by atoms with Crippen molar-refractivity contribution in [1.82, 2.24) is 0 Å². The number of alkyl halides is 3. The number of primary amides is 1. The largest absolute Gasteiger partial charge is 0.488 e. The van der Waals surface area contributed by atoms with Crippen molar-refractivity contribution in [2.75, 3.05) is 0 Å². The van der Waals surface area contributed by atoms with E-state index in [-0.39, 0.29) is 23.5 Å². The van der Waals surface area contributed by atoms with Crippen LogP contribution in [0.3, 0.4) is 0 Å². The molecule has 7 heteroatoms. The third-order valence-electron chi connectivity index (χ3n) is 3.35. The average Bonchev–Trinajstić information content (AvgIpc) is 2.74. The van der Waals surface area contributed by atoms with E-state index in [1.54, 1.807) is 0 Å². The van der Waals surface area contributed by atoms with Gasteiger partial charge in [0.1, 0.15) is 11.9 Å². The minimum Gasteiger partial charge on any atom is -0.488 e. The normalized spacial score (nSPS) is 22.8. The lowest BCUT2D eigenvalue weighted by Gasteiger charge is -2.20. The highest BCUT2D eigenvalue weighted by Crippen LogP contribution is 2.33. The molecule has 1 aliphatic rings. The first-order valence-electron chi connectivity index (χ1n) is 6.22. The number of carbonyl (C=O) groups excluding carboxylic acids is 1. The van der Waals surface area contributed by atoms with Gasteiger partial charge in [0.25, 0.3) is 5.91 Å². The molecule has 0 radical (unpaired) electrons. The van der Waals surface area contributed by atoms with Gasteiger partial charge in [-0.3, -0.25) is 4.79 Å². The molecule has 1 aromatic rings. The van der Waals surface area contributed by atoms with Crippen LogP contribution in [0.4, 0.5) is 13.2 Å². The highest BCUT2D eigenvalue weighted by Gasteiger charge is 2.33. The monoisotopic (exact) mass is 288 g/mol. The summed E-state index contributed by atoms with van der Waals surface area (Å²) in [5.74, 6) is -0.912. The van der Waals surface area contributed by atoms with Crippen molar-refractivity contribution < 1.29 is 22.7 Å². The Labute approximate surface area is 113 Å². The van der Waals surface area contributed by atoms with Crippen molar-refractivity contribution in [3.05, 3.63) is 29.3 Å². The van der Waals surface area contributed by atoms with E-state index < -0.39 is 17.6 Å². The molecule has 1 saturated carbocycles. The van der Waals surface area contributed by atoms with Crippen LogP contribution >= 0.6 is 0 Å². The quantitative estimate of drug-likeness (QED) is 0.893. The minimum absolute atomic E-state index is 0.0489. The molecule has 110 valence electrons. The van der Waals surface area contributed by atoms with Crippen LogP contribution in [-0.4, -0.2) is 18.1 Å². The van der Waals surface area contributed by atoms with Crippen molar-refractivity contribution in [1.29, 1.82) is 0 Å². The standard InChI is InChI=1S/C13H15F3N2O2/c14-13(15,16)7-4-5-10(8(6-7)12(18)19)20-11-3-1-2-9(11)17/h4-6,9,11H,1-3,17H2,(H2,18,19). The molecule has 1 fully saturated rings. The fourth-order valence-corrected chi connectivity index (χ4v) is 2.27. The van der Waals surface area contributed by atoms with Gasteiger partial charge in [0.15, 0.2) is 0 Å². The van der Waals surface area contributed by atoms with Gasteiger partial charge < -0.3 is 16.2 Å². The van der Waals surface area contributed by atoms with Gasteiger partial charge in [0, 0.05) is 6.04 Å². The molecule has 0 bridgehead atoms. The summed E-state index contributed by atoms with van der Waals surface area (Å²) in [6, 6.07) is 2.51. The number of hydrogen-bond donors (Lipinski definition) is 2. The number of carbonyl (C=O) groups is 1. The van der Waals surface area contributed by atoms with E-state index >= 15 is 0 Å². The molecule has 0 aromatic heterocycles. The van der Waals surface area contributed by atoms with E-state index in [4.69, 9.17) is 16.2 Å². The molecule has 4 nitrogen and oxygen atoms in total. The Morgan fingerprint density at radius 3 is 2.50 bits per heavy atom. The van der Waals surface area contributed by atoms with Crippen molar-refractivity contribution in [3.63, 3.8) is 0 Å². The summed E-state index contributed by atoms with van der Waals surface area (Å²) in [6.07, 6.45) is -2.45. The molecule has 0 heterocycles. The van der Waals surface area contributed by atoms with Crippen molar-refractivity contribution >= 4 is 5.91 Å². The molecule has 2 rings (SSSR count). The Balaban J connectivity index is 2.31. The number of ether oxygens (including phenoxy) is 1. The third-order valence-corrected chi connectivity index (χ3v) is 3.35. The zero-order valence-corrected chi connectivity index (χ0v) is 10.6. The van der Waals surface area contributed by atoms with Crippen LogP contribution in [-0.2, 0) is 6.18 Å². The second kappa shape index (κ2) is 5.32. The summed E-state index contributed by atoms with van der Waals surface area (Å²) < 4.78 is 43.4. The van der Waals surface area contributed by atoms with Crippen molar-refractivity contribution in [3.8, 4) is 5.75 Å². The lowest BCUT2D eigenvalue weighted by molar-refractivity contribution is -0.137. The topological polar surface area (TPSA) is 78.3 Å². The highest BCUT2D eigenvalue weighted by atomic mass is 19.4. The Kier molecular flexibility index (Phi) is 3.89. The summed E-state index contributed by atoms with van der Waals surface area (Å²) in [7, 11) is 0. The molecule has 2 atom stereocenters. The first kappa shape index (κ1) is 14.6. The predicted octanol–water partition coefficient (Wildman–Crippen LogP) is 2.06. The van der Waals surface area contributed by atoms with Crippen LogP contribution in [0.1, 0.15) is 35.2 Å². The molecule has 0 aliphatic heterocycles. The van der Waals surface area contributed by atoms with Gasteiger partial charge in [-0.2, -0.15) is 13.2 Å². The molecule has 2 unspecified atom stereocenters. The maximum Gasteiger partial charge on any atom is 0.416 e. The third kappa shape index (κ3) is 3.04. The molecule has 1 amide bonds. The zero-order valence-electron chi connectivity index (χ0n) is 10.6. The minimum atomic E-state index is -4.54. The SMILES string of the molecule is NC(=O)c1cc(C(F)(F)F)ccc1OC1CCCC1N. The number of hydrogen-bond acceptors (Lipinski definition) is 3. The fraction of sp³-hybridized carbons (Fsp3) is 0.462. The Morgan fingerprint density at radius 1 is 1.30 bits per heavy atom. The van der Waals surface area contributed by atoms with Crippen LogP contribution in [0.5, 0.6) is 5.75 Å². The molecule has 4 N–H and O–H groups in total. The number of rotatable bonds is 3. The summed E-state index contributed by atoms with van der Waals surface area (Å²) in [5.41, 5.74) is 9.73. The molecule has 1 aliphatic carbocycles.